The van der Waals surface area contributed by atoms with E-state index in [4.69, 9.17) is 4.74 Å². The maximum atomic E-state index is 13.0. The molecule has 1 rings (SSSR count). The fourth-order valence-electron chi connectivity index (χ4n) is 1.29. The smallest absolute Gasteiger partial charge is 0.123 e. The van der Waals surface area contributed by atoms with Crippen molar-refractivity contribution in [2.75, 3.05) is 19.8 Å². The number of hydrogen-bond acceptors (Lipinski definition) is 2. The molecular weight excluding hydrogens is 285 g/mol. The van der Waals surface area contributed by atoms with Gasteiger partial charge in [0.2, 0.25) is 0 Å². The Kier molecular flexibility index (Phi) is 6.40. The van der Waals surface area contributed by atoms with Crippen LogP contribution in [0.4, 0.5) is 4.39 Å². The van der Waals surface area contributed by atoms with Crippen LogP contribution in [-0.2, 0) is 11.3 Å². The number of halogens is 2. The molecule has 2 nitrogen and oxygen atoms in total. The van der Waals surface area contributed by atoms with Crippen LogP contribution >= 0.6 is 15.9 Å². The van der Waals surface area contributed by atoms with Gasteiger partial charge in [0.15, 0.2) is 0 Å². The molecule has 4 heteroatoms. The van der Waals surface area contributed by atoms with Gasteiger partial charge in [-0.15, -0.1) is 0 Å². The summed E-state index contributed by atoms with van der Waals surface area (Å²) in [6.45, 7) is 8.24. The summed E-state index contributed by atoms with van der Waals surface area (Å²) in [4.78, 5) is 0. The third kappa shape index (κ3) is 5.96. The fourth-order valence-corrected chi connectivity index (χ4v) is 1.68. The Labute approximate surface area is 110 Å². The summed E-state index contributed by atoms with van der Waals surface area (Å²) < 4.78 is 19.2. The lowest BCUT2D eigenvalue weighted by molar-refractivity contribution is 0.157. The number of nitrogens with one attached hydrogen (secondary N) is 1. The van der Waals surface area contributed by atoms with Gasteiger partial charge in [-0.3, -0.25) is 0 Å². The topological polar surface area (TPSA) is 21.3 Å². The van der Waals surface area contributed by atoms with Gasteiger partial charge in [-0.1, -0.05) is 28.1 Å². The van der Waals surface area contributed by atoms with E-state index in [1.54, 1.807) is 6.07 Å². The molecule has 0 aliphatic heterocycles. The molecule has 0 amide bonds. The molecule has 0 atom stereocenters. The molecule has 1 N–H and O–H groups in total. The van der Waals surface area contributed by atoms with Crippen LogP contribution in [0.3, 0.4) is 0 Å². The first-order valence-electron chi connectivity index (χ1n) is 5.46. The molecule has 17 heavy (non-hydrogen) atoms. The van der Waals surface area contributed by atoms with Gasteiger partial charge in [-0.2, -0.15) is 0 Å². The normalized spacial score (nSPS) is 10.5. The summed E-state index contributed by atoms with van der Waals surface area (Å²) in [5, 5.41) is 3.19. The van der Waals surface area contributed by atoms with Crippen LogP contribution in [-0.4, -0.2) is 19.8 Å². The SMILES string of the molecule is C=C(C)COCCNCc1cc(F)ccc1Br. The average molecular weight is 302 g/mol. The second kappa shape index (κ2) is 7.58. The van der Waals surface area contributed by atoms with Gasteiger partial charge < -0.3 is 10.1 Å². The maximum absolute atomic E-state index is 13.0. The Hall–Kier alpha value is -0.710. The Morgan fingerprint density at radius 1 is 1.53 bits per heavy atom. The Morgan fingerprint density at radius 3 is 3.00 bits per heavy atom. The summed E-state index contributed by atoms with van der Waals surface area (Å²) in [6.07, 6.45) is 0. The summed E-state index contributed by atoms with van der Waals surface area (Å²) in [5.41, 5.74) is 1.92. The first-order chi connectivity index (χ1) is 8.09. The van der Waals surface area contributed by atoms with Crippen molar-refractivity contribution in [2.45, 2.75) is 13.5 Å². The highest BCUT2D eigenvalue weighted by Gasteiger charge is 2.01. The number of benzene rings is 1. The first-order valence-corrected chi connectivity index (χ1v) is 6.25. The van der Waals surface area contributed by atoms with Gasteiger partial charge >= 0.3 is 0 Å². The molecular formula is C13H17BrFNO. The molecule has 0 heterocycles. The number of ether oxygens (including phenoxy) is 1. The van der Waals surface area contributed by atoms with E-state index in [9.17, 15) is 4.39 Å². The summed E-state index contributed by atoms with van der Waals surface area (Å²) in [6, 6.07) is 4.67. The third-order valence-electron chi connectivity index (χ3n) is 2.09. The highest BCUT2D eigenvalue weighted by atomic mass is 79.9. The molecule has 0 fully saturated rings. The van der Waals surface area contributed by atoms with E-state index in [2.05, 4.69) is 27.8 Å². The van der Waals surface area contributed by atoms with Crippen molar-refractivity contribution in [3.63, 3.8) is 0 Å². The second-order valence-corrected chi connectivity index (χ2v) is 4.78. The fraction of sp³-hybridized carbons (Fsp3) is 0.385. The van der Waals surface area contributed by atoms with Gasteiger partial charge in [0.25, 0.3) is 0 Å². The van der Waals surface area contributed by atoms with Crippen LogP contribution in [0.15, 0.2) is 34.8 Å². The summed E-state index contributed by atoms with van der Waals surface area (Å²) in [5.74, 6) is -0.219. The van der Waals surface area contributed by atoms with Gasteiger partial charge in [-0.05, 0) is 30.7 Å². The van der Waals surface area contributed by atoms with Crippen LogP contribution in [0.2, 0.25) is 0 Å². The van der Waals surface area contributed by atoms with Gasteiger partial charge in [0.1, 0.15) is 5.82 Å². The second-order valence-electron chi connectivity index (χ2n) is 3.92. The van der Waals surface area contributed by atoms with Crippen molar-refractivity contribution in [1.82, 2.24) is 5.32 Å². The van der Waals surface area contributed by atoms with Crippen molar-refractivity contribution < 1.29 is 9.13 Å². The molecule has 0 spiro atoms. The van der Waals surface area contributed by atoms with Crippen molar-refractivity contribution in [1.29, 1.82) is 0 Å². The monoisotopic (exact) mass is 301 g/mol. The van der Waals surface area contributed by atoms with Crippen LogP contribution in [0, 0.1) is 5.82 Å². The van der Waals surface area contributed by atoms with Crippen molar-refractivity contribution in [3.8, 4) is 0 Å². The highest BCUT2D eigenvalue weighted by molar-refractivity contribution is 9.10. The van der Waals surface area contributed by atoms with E-state index < -0.39 is 0 Å². The van der Waals surface area contributed by atoms with Crippen LogP contribution in [0.5, 0.6) is 0 Å². The van der Waals surface area contributed by atoms with E-state index in [1.807, 2.05) is 6.92 Å². The van der Waals surface area contributed by atoms with Crippen molar-refractivity contribution in [2.24, 2.45) is 0 Å². The zero-order valence-corrected chi connectivity index (χ0v) is 11.5. The third-order valence-corrected chi connectivity index (χ3v) is 2.87. The average Bonchev–Trinajstić information content (AvgIpc) is 2.27. The lowest BCUT2D eigenvalue weighted by Gasteiger charge is -2.07. The molecule has 0 unspecified atom stereocenters. The molecule has 0 bridgehead atoms. The minimum absolute atomic E-state index is 0.219. The molecule has 0 radical (unpaired) electrons. The van der Waals surface area contributed by atoms with E-state index in [-0.39, 0.29) is 5.82 Å². The predicted octanol–water partition coefficient (Wildman–Crippen LogP) is 3.27. The lowest BCUT2D eigenvalue weighted by Crippen LogP contribution is -2.19. The van der Waals surface area contributed by atoms with Crippen LogP contribution < -0.4 is 5.32 Å². The highest BCUT2D eigenvalue weighted by Crippen LogP contribution is 2.17. The van der Waals surface area contributed by atoms with E-state index in [1.165, 1.54) is 12.1 Å². The molecule has 94 valence electrons. The Bertz CT molecular complexity index is 382. The molecule has 0 aliphatic rings. The molecule has 0 saturated heterocycles. The van der Waals surface area contributed by atoms with Gasteiger partial charge in [0.05, 0.1) is 13.2 Å². The Balaban J connectivity index is 2.22. The van der Waals surface area contributed by atoms with Crippen LogP contribution in [0.1, 0.15) is 12.5 Å². The quantitative estimate of drug-likeness (QED) is 0.616. The zero-order chi connectivity index (χ0) is 12.7. The molecule has 0 aliphatic carbocycles. The maximum Gasteiger partial charge on any atom is 0.123 e. The molecule has 0 saturated carbocycles. The van der Waals surface area contributed by atoms with Gasteiger partial charge in [0, 0.05) is 17.6 Å². The minimum Gasteiger partial charge on any atom is -0.376 e. The lowest BCUT2D eigenvalue weighted by atomic mass is 10.2. The van der Waals surface area contributed by atoms with Gasteiger partial charge in [-0.25, -0.2) is 4.39 Å². The first kappa shape index (κ1) is 14.4. The number of hydrogen-bond donors (Lipinski definition) is 1. The Morgan fingerprint density at radius 2 is 2.29 bits per heavy atom. The molecule has 1 aromatic rings. The minimum atomic E-state index is -0.219. The largest absolute Gasteiger partial charge is 0.376 e. The molecule has 0 aromatic heterocycles. The predicted molar refractivity (Wildman–Crippen MR) is 71.4 cm³/mol. The van der Waals surface area contributed by atoms with E-state index in [0.717, 1.165) is 22.2 Å². The summed E-state index contributed by atoms with van der Waals surface area (Å²) in [7, 11) is 0. The van der Waals surface area contributed by atoms with Crippen molar-refractivity contribution in [3.05, 3.63) is 46.2 Å². The molecule has 1 aromatic carbocycles. The number of rotatable bonds is 7. The summed E-state index contributed by atoms with van der Waals surface area (Å²) >= 11 is 3.38. The van der Waals surface area contributed by atoms with Crippen LogP contribution in [0.25, 0.3) is 0 Å². The van der Waals surface area contributed by atoms with E-state index in [0.29, 0.717) is 19.8 Å². The zero-order valence-electron chi connectivity index (χ0n) is 9.93. The van der Waals surface area contributed by atoms with E-state index >= 15 is 0 Å². The standard InChI is InChI=1S/C13H17BrFNO/c1-10(2)9-17-6-5-16-8-11-7-12(15)3-4-13(11)14/h3-4,7,16H,1,5-6,8-9H2,2H3. The van der Waals surface area contributed by atoms with Crippen molar-refractivity contribution >= 4 is 15.9 Å².